The van der Waals surface area contributed by atoms with Crippen molar-refractivity contribution in [2.45, 2.75) is 13.0 Å². The molecule has 0 N–H and O–H groups in total. The van der Waals surface area contributed by atoms with Crippen LogP contribution < -0.4 is 0 Å². The normalized spacial score (nSPS) is 15.3. The van der Waals surface area contributed by atoms with Crippen LogP contribution in [0.3, 0.4) is 0 Å². The summed E-state index contributed by atoms with van der Waals surface area (Å²) in [5.41, 5.74) is 2.81. The van der Waals surface area contributed by atoms with E-state index < -0.39 is 0 Å². The molecular formula is C9H9NO2. The van der Waals surface area contributed by atoms with E-state index in [1.807, 2.05) is 6.20 Å². The molecule has 0 unspecified atom stereocenters. The Morgan fingerprint density at radius 1 is 1.50 bits per heavy atom. The Bertz CT molecular complexity index is 309. The monoisotopic (exact) mass is 163 g/mol. The van der Waals surface area contributed by atoms with Crippen molar-refractivity contribution in [3.05, 3.63) is 29.1 Å². The highest BCUT2D eigenvalue weighted by Gasteiger charge is 2.12. The third-order valence-electron chi connectivity index (χ3n) is 2.07. The van der Waals surface area contributed by atoms with Crippen LogP contribution in [0.2, 0.25) is 0 Å². The minimum absolute atomic E-state index is 0.548. The first-order chi connectivity index (χ1) is 5.92. The maximum Gasteiger partial charge on any atom is 0.151 e. The maximum atomic E-state index is 10.6. The summed E-state index contributed by atoms with van der Waals surface area (Å²) in [6.07, 6.45) is 5.09. The molecule has 62 valence electrons. The lowest BCUT2D eigenvalue weighted by atomic mass is 10.0. The first-order valence-corrected chi connectivity index (χ1v) is 3.90. The zero-order chi connectivity index (χ0) is 8.39. The van der Waals surface area contributed by atoms with Crippen LogP contribution >= 0.6 is 0 Å². The Morgan fingerprint density at radius 2 is 2.42 bits per heavy atom. The SMILES string of the molecule is O=Cc1cncc2c1COCC2. The molecule has 0 saturated carbocycles. The molecule has 0 spiro atoms. The Labute approximate surface area is 70.4 Å². The number of hydrogen-bond acceptors (Lipinski definition) is 3. The van der Waals surface area contributed by atoms with Gasteiger partial charge in [0.05, 0.1) is 13.2 Å². The summed E-state index contributed by atoms with van der Waals surface area (Å²) in [4.78, 5) is 14.6. The lowest BCUT2D eigenvalue weighted by Crippen LogP contribution is -2.12. The fraction of sp³-hybridized carbons (Fsp3) is 0.333. The summed E-state index contributed by atoms with van der Waals surface area (Å²) < 4.78 is 5.25. The van der Waals surface area contributed by atoms with Gasteiger partial charge >= 0.3 is 0 Å². The Kier molecular flexibility index (Phi) is 1.87. The second kappa shape index (κ2) is 3.03. The highest BCUT2D eigenvalue weighted by molar-refractivity contribution is 5.77. The highest BCUT2D eigenvalue weighted by Crippen LogP contribution is 2.17. The summed E-state index contributed by atoms with van der Waals surface area (Å²) in [5.74, 6) is 0. The number of nitrogens with zero attached hydrogens (tertiary/aromatic N) is 1. The molecule has 0 fully saturated rings. The molecule has 3 heteroatoms. The average Bonchev–Trinajstić information content (AvgIpc) is 2.17. The van der Waals surface area contributed by atoms with Gasteiger partial charge in [0.15, 0.2) is 6.29 Å². The first-order valence-electron chi connectivity index (χ1n) is 3.90. The van der Waals surface area contributed by atoms with Crippen molar-refractivity contribution in [3.63, 3.8) is 0 Å². The molecule has 3 nitrogen and oxygen atoms in total. The number of aromatic nitrogens is 1. The summed E-state index contributed by atoms with van der Waals surface area (Å²) in [6, 6.07) is 0. The van der Waals surface area contributed by atoms with Crippen molar-refractivity contribution in [2.75, 3.05) is 6.61 Å². The van der Waals surface area contributed by atoms with Gasteiger partial charge in [-0.2, -0.15) is 0 Å². The smallest absolute Gasteiger partial charge is 0.151 e. The van der Waals surface area contributed by atoms with E-state index in [1.165, 1.54) is 0 Å². The summed E-state index contributed by atoms with van der Waals surface area (Å²) in [5, 5.41) is 0. The van der Waals surface area contributed by atoms with Gasteiger partial charge in [0.25, 0.3) is 0 Å². The van der Waals surface area contributed by atoms with Gasteiger partial charge in [-0.15, -0.1) is 0 Å². The molecule has 0 saturated heterocycles. The zero-order valence-corrected chi connectivity index (χ0v) is 6.62. The third-order valence-corrected chi connectivity index (χ3v) is 2.07. The molecule has 0 aliphatic carbocycles. The molecule has 1 aliphatic rings. The molecule has 0 amide bonds. The van der Waals surface area contributed by atoms with Gasteiger partial charge in [0.2, 0.25) is 0 Å². The van der Waals surface area contributed by atoms with E-state index >= 15 is 0 Å². The third kappa shape index (κ3) is 1.12. The number of hydrogen-bond donors (Lipinski definition) is 0. The summed E-state index contributed by atoms with van der Waals surface area (Å²) in [6.45, 7) is 1.28. The van der Waals surface area contributed by atoms with E-state index in [1.54, 1.807) is 6.20 Å². The topological polar surface area (TPSA) is 39.2 Å². The van der Waals surface area contributed by atoms with Crippen molar-refractivity contribution in [1.29, 1.82) is 0 Å². The van der Waals surface area contributed by atoms with Gasteiger partial charge in [0.1, 0.15) is 0 Å². The van der Waals surface area contributed by atoms with E-state index in [9.17, 15) is 4.79 Å². The van der Waals surface area contributed by atoms with Crippen LogP contribution in [0.5, 0.6) is 0 Å². The van der Waals surface area contributed by atoms with Gasteiger partial charge < -0.3 is 4.74 Å². The molecule has 1 aliphatic heterocycles. The number of rotatable bonds is 1. The van der Waals surface area contributed by atoms with Crippen LogP contribution in [0.1, 0.15) is 21.5 Å². The predicted octanol–water partition coefficient (Wildman–Crippen LogP) is 0.967. The van der Waals surface area contributed by atoms with Crippen LogP contribution in [-0.4, -0.2) is 17.9 Å². The molecule has 1 aromatic rings. The van der Waals surface area contributed by atoms with Gasteiger partial charge in [-0.1, -0.05) is 0 Å². The van der Waals surface area contributed by atoms with E-state index in [0.717, 1.165) is 30.4 Å². The average molecular weight is 163 g/mol. The van der Waals surface area contributed by atoms with E-state index in [0.29, 0.717) is 12.2 Å². The molecule has 12 heavy (non-hydrogen) atoms. The fourth-order valence-electron chi connectivity index (χ4n) is 1.40. The number of pyridine rings is 1. The van der Waals surface area contributed by atoms with Gasteiger partial charge in [-0.3, -0.25) is 9.78 Å². The van der Waals surface area contributed by atoms with E-state index in [4.69, 9.17) is 4.74 Å². The standard InChI is InChI=1S/C9H9NO2/c11-5-8-4-10-3-7-1-2-12-6-9(7)8/h3-5H,1-2,6H2. The molecule has 1 aromatic heterocycles. The van der Waals surface area contributed by atoms with E-state index in [-0.39, 0.29) is 0 Å². The minimum atomic E-state index is 0.548. The molecule has 0 aromatic carbocycles. The second-order valence-electron chi connectivity index (χ2n) is 2.79. The molecular weight excluding hydrogens is 154 g/mol. The van der Waals surface area contributed by atoms with Crippen molar-refractivity contribution in [2.24, 2.45) is 0 Å². The van der Waals surface area contributed by atoms with Gasteiger partial charge in [-0.25, -0.2) is 0 Å². The molecule has 0 radical (unpaired) electrons. The number of ether oxygens (including phenoxy) is 1. The van der Waals surface area contributed by atoms with Crippen LogP contribution in [0.25, 0.3) is 0 Å². The maximum absolute atomic E-state index is 10.6. The van der Waals surface area contributed by atoms with Crippen LogP contribution in [-0.2, 0) is 17.8 Å². The van der Waals surface area contributed by atoms with Crippen LogP contribution in [0.15, 0.2) is 12.4 Å². The molecule has 0 atom stereocenters. The predicted molar refractivity (Wildman–Crippen MR) is 43.0 cm³/mol. The van der Waals surface area contributed by atoms with Crippen LogP contribution in [0, 0.1) is 0 Å². The Balaban J connectivity index is 2.51. The fourth-order valence-corrected chi connectivity index (χ4v) is 1.40. The Hall–Kier alpha value is -1.22. The number of carbonyl (C=O) groups is 1. The summed E-state index contributed by atoms with van der Waals surface area (Å²) in [7, 11) is 0. The first kappa shape index (κ1) is 7.43. The van der Waals surface area contributed by atoms with Gasteiger partial charge in [-0.05, 0) is 17.5 Å². The quantitative estimate of drug-likeness (QED) is 0.579. The molecule has 0 bridgehead atoms. The summed E-state index contributed by atoms with van der Waals surface area (Å²) >= 11 is 0. The molecule has 2 rings (SSSR count). The minimum Gasteiger partial charge on any atom is -0.376 e. The zero-order valence-electron chi connectivity index (χ0n) is 6.62. The number of aldehydes is 1. The number of carbonyl (C=O) groups excluding carboxylic acids is 1. The van der Waals surface area contributed by atoms with Gasteiger partial charge in [0, 0.05) is 18.0 Å². The van der Waals surface area contributed by atoms with Crippen molar-refractivity contribution in [1.82, 2.24) is 4.98 Å². The van der Waals surface area contributed by atoms with Crippen molar-refractivity contribution < 1.29 is 9.53 Å². The van der Waals surface area contributed by atoms with Crippen molar-refractivity contribution in [3.8, 4) is 0 Å². The largest absolute Gasteiger partial charge is 0.376 e. The van der Waals surface area contributed by atoms with E-state index in [2.05, 4.69) is 4.98 Å². The second-order valence-corrected chi connectivity index (χ2v) is 2.79. The lowest BCUT2D eigenvalue weighted by molar-refractivity contribution is 0.105. The Morgan fingerprint density at radius 3 is 3.25 bits per heavy atom. The van der Waals surface area contributed by atoms with Crippen molar-refractivity contribution >= 4 is 6.29 Å². The van der Waals surface area contributed by atoms with Crippen LogP contribution in [0.4, 0.5) is 0 Å². The highest BCUT2D eigenvalue weighted by atomic mass is 16.5. The number of fused-ring (bicyclic) bond motifs is 1. The lowest BCUT2D eigenvalue weighted by Gasteiger charge is -2.16. The molecule has 2 heterocycles.